The standard InChI is InChI=1S/C58H63N9O7S/c1-34(36-24-28-66(29-25-36)33-50(69)59-45-17-10-15-41-51(64-65(6)53(41)45)42-21-23-49(68)62-55(42)71)27-31-73-46-18-11-13-38(35(46)2)39-20-22-48(61-52(39)56(72)74-58(3,4)5)67-30-26-37-12-9-14-40(43(37)32-67)54(70)63-57-60-44-16-7-8-19-47(44)75-57/h7-20,22,34,36,42H,21,23-33H2,1-6H3,(H,59,69)(H,60,63,70)(H,62,68,71). The van der Waals surface area contributed by atoms with Crippen LogP contribution in [-0.2, 0) is 39.1 Å². The van der Waals surface area contributed by atoms with Crippen molar-refractivity contribution in [2.24, 2.45) is 18.9 Å². The summed E-state index contributed by atoms with van der Waals surface area (Å²) >= 11 is 1.44. The van der Waals surface area contributed by atoms with Crippen LogP contribution in [0.15, 0.2) is 91.0 Å². The molecule has 0 radical (unpaired) electrons. The average Bonchev–Trinajstić information content (AvgIpc) is 3.96. The van der Waals surface area contributed by atoms with Crippen molar-refractivity contribution in [1.82, 2.24) is 30.0 Å². The van der Waals surface area contributed by atoms with E-state index in [4.69, 9.17) is 14.5 Å². The van der Waals surface area contributed by atoms with Crippen LogP contribution in [0.3, 0.4) is 0 Å². The highest BCUT2D eigenvalue weighted by Crippen LogP contribution is 2.37. The Morgan fingerprint density at radius 3 is 2.44 bits per heavy atom. The molecule has 2 saturated heterocycles. The number of thiazole rings is 1. The molecule has 3 N–H and O–H groups in total. The third kappa shape index (κ3) is 11.2. The highest BCUT2D eigenvalue weighted by Gasteiger charge is 2.33. The topological polar surface area (TPSA) is 190 Å². The van der Waals surface area contributed by atoms with E-state index in [9.17, 15) is 24.0 Å². The van der Waals surface area contributed by atoms with E-state index in [1.165, 1.54) is 11.3 Å². The van der Waals surface area contributed by atoms with Crippen LogP contribution in [-0.4, -0.2) is 92.6 Å². The summed E-state index contributed by atoms with van der Waals surface area (Å²) in [4.78, 5) is 79.7. The zero-order chi connectivity index (χ0) is 52.5. The molecule has 3 aliphatic rings. The number of carbonyl (C=O) groups excluding carboxylic acids is 5. The number of aryl methyl sites for hydroxylation is 1. The normalized spacial score (nSPS) is 16.9. The minimum atomic E-state index is -0.756. The van der Waals surface area contributed by atoms with Crippen LogP contribution in [0.2, 0.25) is 0 Å². The number of fused-ring (bicyclic) bond motifs is 3. The molecule has 2 fully saturated rings. The maximum atomic E-state index is 14.1. The molecule has 10 rings (SSSR count). The van der Waals surface area contributed by atoms with E-state index in [0.29, 0.717) is 77.8 Å². The Kier molecular flexibility index (Phi) is 14.5. The molecule has 0 bridgehead atoms. The van der Waals surface area contributed by atoms with Gasteiger partial charge in [-0.3, -0.25) is 39.4 Å². The van der Waals surface area contributed by atoms with Crippen LogP contribution >= 0.6 is 11.3 Å². The van der Waals surface area contributed by atoms with Crippen LogP contribution in [0.1, 0.15) is 109 Å². The molecular weight excluding hydrogens is 967 g/mol. The summed E-state index contributed by atoms with van der Waals surface area (Å²) in [5, 5.41) is 14.5. The zero-order valence-electron chi connectivity index (χ0n) is 43.3. The van der Waals surface area contributed by atoms with Crippen LogP contribution in [0.25, 0.3) is 32.2 Å². The molecule has 0 spiro atoms. The van der Waals surface area contributed by atoms with Crippen LogP contribution in [0.4, 0.5) is 16.6 Å². The van der Waals surface area contributed by atoms with Crippen molar-refractivity contribution in [1.29, 1.82) is 0 Å². The molecule has 4 aromatic carbocycles. The second kappa shape index (κ2) is 21.4. The maximum Gasteiger partial charge on any atom is 0.358 e. The number of carbonyl (C=O) groups is 5. The molecular formula is C58H63N9O7S. The van der Waals surface area contributed by atoms with Crippen LogP contribution in [0.5, 0.6) is 5.75 Å². The maximum absolute atomic E-state index is 14.1. The molecule has 7 aromatic rings. The SMILES string of the molecule is Cc1c(OCCC(C)C2CCN(CC(=O)Nc3cccc4c(C5CCC(=O)NC5=O)nn(C)c34)CC2)cccc1-c1ccc(N2CCc3cccc(C(=O)Nc4nc5ccccc5s4)c3C2)nc1C(=O)OC(C)(C)C. The predicted molar refractivity (Wildman–Crippen MR) is 291 cm³/mol. The van der Waals surface area contributed by atoms with E-state index >= 15 is 0 Å². The van der Waals surface area contributed by atoms with Gasteiger partial charge in [-0.2, -0.15) is 5.10 Å². The fraction of sp³-hybridized carbons (Fsp3) is 0.379. The van der Waals surface area contributed by atoms with Gasteiger partial charge < -0.3 is 19.7 Å². The summed E-state index contributed by atoms with van der Waals surface area (Å²) in [7, 11) is 1.80. The third-order valence-electron chi connectivity index (χ3n) is 14.8. The first-order valence-corrected chi connectivity index (χ1v) is 26.7. The van der Waals surface area contributed by atoms with Crippen molar-refractivity contribution in [3.05, 3.63) is 125 Å². The van der Waals surface area contributed by atoms with Crippen molar-refractivity contribution >= 4 is 78.7 Å². The van der Waals surface area contributed by atoms with Gasteiger partial charge in [0.15, 0.2) is 10.8 Å². The average molecular weight is 1030 g/mol. The second-order valence-corrected chi connectivity index (χ2v) is 22.1. The minimum Gasteiger partial charge on any atom is -0.493 e. The quantitative estimate of drug-likeness (QED) is 0.0692. The van der Waals surface area contributed by atoms with E-state index in [2.05, 4.69) is 48.8 Å². The Bertz CT molecular complexity index is 3320. The lowest BCUT2D eigenvalue weighted by Crippen LogP contribution is -2.40. The molecule has 4 amide bonds. The van der Waals surface area contributed by atoms with Gasteiger partial charge in [-0.15, -0.1) is 0 Å². The van der Waals surface area contributed by atoms with Gasteiger partial charge in [0.2, 0.25) is 17.7 Å². The number of rotatable bonds is 14. The Hall–Kier alpha value is -7.50. The molecule has 388 valence electrons. The number of esters is 1. The van der Waals surface area contributed by atoms with Crippen molar-refractivity contribution in [3.8, 4) is 16.9 Å². The van der Waals surface area contributed by atoms with Gasteiger partial charge in [0, 0.05) is 43.1 Å². The lowest BCUT2D eigenvalue weighted by molar-refractivity contribution is -0.134. The number of hydrogen-bond donors (Lipinski definition) is 3. The van der Waals surface area contributed by atoms with Gasteiger partial charge in [0.05, 0.1) is 46.2 Å². The number of pyridine rings is 1. The molecule has 2 atom stereocenters. The first-order chi connectivity index (χ1) is 36.1. The summed E-state index contributed by atoms with van der Waals surface area (Å²) in [5.74, 6) is 0.224. The number of hydrogen-bond acceptors (Lipinski definition) is 13. The Labute approximate surface area is 440 Å². The first-order valence-electron chi connectivity index (χ1n) is 25.9. The number of nitrogens with zero attached hydrogens (tertiary/aromatic N) is 6. The summed E-state index contributed by atoms with van der Waals surface area (Å²) < 4.78 is 15.2. The highest BCUT2D eigenvalue weighted by atomic mass is 32.1. The Morgan fingerprint density at radius 2 is 1.65 bits per heavy atom. The van der Waals surface area contributed by atoms with E-state index in [1.54, 1.807) is 11.7 Å². The number of anilines is 3. The number of ether oxygens (including phenoxy) is 2. The fourth-order valence-corrected chi connectivity index (χ4v) is 11.7. The number of likely N-dealkylation sites (tertiary alicyclic amines) is 1. The lowest BCUT2D eigenvalue weighted by Gasteiger charge is -2.34. The Balaban J connectivity index is 0.761. The van der Waals surface area contributed by atoms with Gasteiger partial charge in [-0.05, 0) is 149 Å². The smallest absolute Gasteiger partial charge is 0.358 e. The van der Waals surface area contributed by atoms with Crippen LogP contribution < -0.4 is 25.6 Å². The molecule has 3 aromatic heterocycles. The van der Waals surface area contributed by atoms with Gasteiger partial charge >= 0.3 is 5.97 Å². The molecule has 3 aliphatic heterocycles. The van der Waals surface area contributed by atoms with Gasteiger partial charge in [-0.1, -0.05) is 66.8 Å². The monoisotopic (exact) mass is 1030 g/mol. The number of para-hydroxylation sites is 2. The second-order valence-electron chi connectivity index (χ2n) is 21.0. The summed E-state index contributed by atoms with van der Waals surface area (Å²) in [6.07, 6.45) is 4.15. The summed E-state index contributed by atoms with van der Waals surface area (Å²) in [5.41, 5.74) is 7.21. The minimum absolute atomic E-state index is 0.111. The highest BCUT2D eigenvalue weighted by molar-refractivity contribution is 7.22. The fourth-order valence-electron chi connectivity index (χ4n) is 10.8. The zero-order valence-corrected chi connectivity index (χ0v) is 44.1. The molecule has 16 nitrogen and oxygen atoms in total. The largest absolute Gasteiger partial charge is 0.493 e. The van der Waals surface area contributed by atoms with Gasteiger partial charge in [0.1, 0.15) is 17.2 Å². The van der Waals surface area contributed by atoms with Gasteiger partial charge in [-0.25, -0.2) is 14.8 Å². The van der Waals surface area contributed by atoms with E-state index in [1.807, 2.05) is 113 Å². The van der Waals surface area contributed by atoms with E-state index in [-0.39, 0.29) is 42.3 Å². The lowest BCUT2D eigenvalue weighted by atomic mass is 9.84. The van der Waals surface area contributed by atoms with Crippen molar-refractivity contribution < 1.29 is 33.4 Å². The van der Waals surface area contributed by atoms with Crippen LogP contribution in [0, 0.1) is 18.8 Å². The van der Waals surface area contributed by atoms with Crippen molar-refractivity contribution in [3.63, 3.8) is 0 Å². The molecule has 2 unspecified atom stereocenters. The summed E-state index contributed by atoms with van der Waals surface area (Å²) in [6, 6.07) is 29.0. The number of imide groups is 1. The third-order valence-corrected chi connectivity index (χ3v) is 15.7. The van der Waals surface area contributed by atoms with Crippen molar-refractivity contribution in [2.45, 2.75) is 91.2 Å². The molecule has 17 heteroatoms. The predicted octanol–water partition coefficient (Wildman–Crippen LogP) is 9.60. The number of piperidine rings is 2. The van der Waals surface area contributed by atoms with E-state index in [0.717, 1.165) is 81.5 Å². The molecule has 75 heavy (non-hydrogen) atoms. The molecule has 0 saturated carbocycles. The number of benzene rings is 4. The number of aromatic nitrogens is 4. The number of amides is 4. The molecule has 0 aliphatic carbocycles. The summed E-state index contributed by atoms with van der Waals surface area (Å²) in [6.45, 7) is 13.3. The van der Waals surface area contributed by atoms with Crippen molar-refractivity contribution in [2.75, 3.05) is 48.3 Å². The van der Waals surface area contributed by atoms with Gasteiger partial charge in [0.25, 0.3) is 5.91 Å². The first kappa shape index (κ1) is 51.0. The molecule has 6 heterocycles. The van der Waals surface area contributed by atoms with E-state index < -0.39 is 17.5 Å². The Morgan fingerprint density at radius 1 is 0.867 bits per heavy atom. The number of nitrogens with one attached hydrogen (secondary N) is 3.